The molecule has 0 atom stereocenters. The van der Waals surface area contributed by atoms with Crippen molar-refractivity contribution in [2.75, 3.05) is 38.2 Å². The monoisotopic (exact) mass is 328 g/mol. The molecule has 0 N–H and O–H groups in total. The Labute approximate surface area is 140 Å². The highest BCUT2D eigenvalue weighted by Gasteiger charge is 2.34. The van der Waals surface area contributed by atoms with E-state index in [4.69, 9.17) is 9.15 Å². The molecule has 2 fully saturated rings. The van der Waals surface area contributed by atoms with Crippen LogP contribution in [0.25, 0.3) is 0 Å². The van der Waals surface area contributed by atoms with Crippen LogP contribution in [0.4, 0.5) is 5.82 Å². The zero-order valence-corrected chi connectivity index (χ0v) is 13.6. The highest BCUT2D eigenvalue weighted by molar-refractivity contribution is 5.93. The lowest BCUT2D eigenvalue weighted by Crippen LogP contribution is -2.49. The van der Waals surface area contributed by atoms with E-state index in [0.717, 1.165) is 43.3 Å². The van der Waals surface area contributed by atoms with Gasteiger partial charge in [-0.3, -0.25) is 4.79 Å². The number of oxazole rings is 1. The summed E-state index contributed by atoms with van der Waals surface area (Å²) in [5.41, 5.74) is 0.494. The van der Waals surface area contributed by atoms with Crippen molar-refractivity contribution in [3.8, 4) is 5.75 Å². The van der Waals surface area contributed by atoms with Gasteiger partial charge in [-0.05, 0) is 25.0 Å². The van der Waals surface area contributed by atoms with Gasteiger partial charge in [0.05, 0.1) is 13.3 Å². The molecular formula is C17H20N4O3. The number of nitrogens with zero attached hydrogens (tertiary/aromatic N) is 4. The number of carbonyl (C=O) groups excluding carboxylic acids is 1. The molecule has 24 heavy (non-hydrogen) atoms. The summed E-state index contributed by atoms with van der Waals surface area (Å²) in [5, 5.41) is 0. The highest BCUT2D eigenvalue weighted by Crippen LogP contribution is 2.41. The van der Waals surface area contributed by atoms with Crippen LogP contribution in [0.5, 0.6) is 5.75 Å². The molecule has 0 unspecified atom stereocenters. The fourth-order valence-electron chi connectivity index (χ4n) is 3.02. The fourth-order valence-corrected chi connectivity index (χ4v) is 3.02. The Morgan fingerprint density at radius 2 is 2.00 bits per heavy atom. The minimum absolute atomic E-state index is 0.0204. The molecule has 7 nitrogen and oxygen atoms in total. The quantitative estimate of drug-likeness (QED) is 0.854. The van der Waals surface area contributed by atoms with Gasteiger partial charge in [0, 0.05) is 32.1 Å². The van der Waals surface area contributed by atoms with Crippen LogP contribution in [0.15, 0.2) is 29.1 Å². The van der Waals surface area contributed by atoms with Crippen molar-refractivity contribution in [2.45, 2.75) is 18.8 Å². The topological polar surface area (TPSA) is 71.7 Å². The zero-order chi connectivity index (χ0) is 16.5. The van der Waals surface area contributed by atoms with Crippen molar-refractivity contribution in [2.24, 2.45) is 0 Å². The van der Waals surface area contributed by atoms with Crippen LogP contribution in [-0.2, 0) is 0 Å². The van der Waals surface area contributed by atoms with Gasteiger partial charge >= 0.3 is 0 Å². The third kappa shape index (κ3) is 2.81. The maximum absolute atomic E-state index is 12.7. The Morgan fingerprint density at radius 1 is 1.21 bits per heavy atom. The molecular weight excluding hydrogens is 308 g/mol. The van der Waals surface area contributed by atoms with Gasteiger partial charge < -0.3 is 19.0 Å². The molecule has 1 aliphatic heterocycles. The fraction of sp³-hybridized carbons (Fsp3) is 0.471. The second-order valence-corrected chi connectivity index (χ2v) is 6.17. The third-order valence-corrected chi connectivity index (χ3v) is 4.59. The van der Waals surface area contributed by atoms with E-state index in [-0.39, 0.29) is 5.91 Å². The van der Waals surface area contributed by atoms with Crippen LogP contribution < -0.4 is 9.64 Å². The molecule has 1 aliphatic carbocycles. The maximum atomic E-state index is 12.7. The number of aromatic nitrogens is 2. The summed E-state index contributed by atoms with van der Waals surface area (Å²) in [6, 6.07) is 3.84. The molecule has 0 spiro atoms. The lowest BCUT2D eigenvalue weighted by Gasteiger charge is -2.35. The van der Waals surface area contributed by atoms with Crippen molar-refractivity contribution < 1.29 is 13.9 Å². The molecule has 1 saturated carbocycles. The molecule has 1 amide bonds. The molecule has 0 radical (unpaired) electrons. The molecule has 0 bridgehead atoms. The first-order valence-corrected chi connectivity index (χ1v) is 8.24. The Morgan fingerprint density at radius 3 is 2.62 bits per heavy atom. The summed E-state index contributed by atoms with van der Waals surface area (Å²) in [4.78, 5) is 25.3. The molecule has 2 aromatic rings. The van der Waals surface area contributed by atoms with Gasteiger partial charge in [-0.1, -0.05) is 0 Å². The first-order valence-electron chi connectivity index (χ1n) is 8.24. The first-order chi connectivity index (χ1) is 11.8. The van der Waals surface area contributed by atoms with E-state index in [9.17, 15) is 4.79 Å². The van der Waals surface area contributed by atoms with Gasteiger partial charge in [0.25, 0.3) is 5.91 Å². The summed E-state index contributed by atoms with van der Waals surface area (Å²) in [7, 11) is 1.63. The summed E-state index contributed by atoms with van der Waals surface area (Å²) < 4.78 is 10.6. The van der Waals surface area contributed by atoms with E-state index in [1.807, 2.05) is 17.0 Å². The second kappa shape index (κ2) is 6.14. The van der Waals surface area contributed by atoms with Gasteiger partial charge in [0.15, 0.2) is 12.1 Å². The molecule has 7 heteroatoms. The van der Waals surface area contributed by atoms with Crippen LogP contribution in [0.3, 0.4) is 0 Å². The largest absolute Gasteiger partial charge is 0.495 e. The normalized spacial score (nSPS) is 17.9. The number of rotatable bonds is 4. The van der Waals surface area contributed by atoms with E-state index in [1.54, 1.807) is 13.3 Å². The predicted octanol–water partition coefficient (Wildman–Crippen LogP) is 1.92. The molecule has 3 heterocycles. The number of methoxy groups -OCH3 is 1. The minimum atomic E-state index is -0.0204. The number of piperazine rings is 1. The van der Waals surface area contributed by atoms with Crippen LogP contribution in [0, 0.1) is 0 Å². The number of anilines is 1. The Hall–Kier alpha value is -2.57. The van der Waals surface area contributed by atoms with Gasteiger partial charge in [-0.2, -0.15) is 0 Å². The van der Waals surface area contributed by atoms with Crippen LogP contribution in [0.2, 0.25) is 0 Å². The number of hydrogen-bond donors (Lipinski definition) is 0. The number of carbonyl (C=O) groups is 1. The Bertz CT molecular complexity index is 716. The van der Waals surface area contributed by atoms with Crippen molar-refractivity contribution in [1.29, 1.82) is 0 Å². The average Bonchev–Trinajstić information content (AvgIpc) is 3.38. The molecule has 2 aromatic heterocycles. The molecule has 1 saturated heterocycles. The standard InChI is InChI=1S/C17H20N4O3/c1-23-13-4-5-14(18-10-13)20-6-8-21(9-7-20)17(22)15-16(12-2-3-12)24-11-19-15/h4-5,10-12H,2-3,6-9H2,1H3. The Balaban J connectivity index is 1.40. The van der Waals surface area contributed by atoms with E-state index < -0.39 is 0 Å². The summed E-state index contributed by atoms with van der Waals surface area (Å²) in [5.74, 6) is 2.78. The van der Waals surface area contributed by atoms with Gasteiger partial charge in [0.2, 0.25) is 0 Å². The summed E-state index contributed by atoms with van der Waals surface area (Å²) >= 11 is 0. The minimum Gasteiger partial charge on any atom is -0.495 e. The van der Waals surface area contributed by atoms with Crippen molar-refractivity contribution in [1.82, 2.24) is 14.9 Å². The van der Waals surface area contributed by atoms with E-state index in [0.29, 0.717) is 24.7 Å². The lowest BCUT2D eigenvalue weighted by atomic mass is 10.2. The van der Waals surface area contributed by atoms with E-state index >= 15 is 0 Å². The molecule has 4 rings (SSSR count). The molecule has 2 aliphatic rings. The lowest BCUT2D eigenvalue weighted by molar-refractivity contribution is 0.0739. The SMILES string of the molecule is COc1ccc(N2CCN(C(=O)c3ncoc3C3CC3)CC2)nc1. The first kappa shape index (κ1) is 15.0. The van der Waals surface area contributed by atoms with Crippen molar-refractivity contribution in [3.05, 3.63) is 36.2 Å². The highest BCUT2D eigenvalue weighted by atomic mass is 16.5. The second-order valence-electron chi connectivity index (χ2n) is 6.17. The van der Waals surface area contributed by atoms with E-state index in [2.05, 4.69) is 14.9 Å². The number of pyridine rings is 1. The average molecular weight is 328 g/mol. The number of ether oxygens (including phenoxy) is 1. The zero-order valence-electron chi connectivity index (χ0n) is 13.6. The molecule has 126 valence electrons. The van der Waals surface area contributed by atoms with Crippen LogP contribution >= 0.6 is 0 Å². The summed E-state index contributed by atoms with van der Waals surface area (Å²) in [6.45, 7) is 2.82. The van der Waals surface area contributed by atoms with Gasteiger partial charge in [-0.25, -0.2) is 9.97 Å². The Kier molecular flexibility index (Phi) is 3.84. The van der Waals surface area contributed by atoms with Crippen LogP contribution in [-0.4, -0.2) is 54.1 Å². The maximum Gasteiger partial charge on any atom is 0.276 e. The predicted molar refractivity (Wildman–Crippen MR) is 87.4 cm³/mol. The summed E-state index contributed by atoms with van der Waals surface area (Å²) in [6.07, 6.45) is 5.28. The van der Waals surface area contributed by atoms with Crippen LogP contribution in [0.1, 0.15) is 35.0 Å². The van der Waals surface area contributed by atoms with Gasteiger partial charge in [0.1, 0.15) is 17.3 Å². The number of hydrogen-bond acceptors (Lipinski definition) is 6. The van der Waals surface area contributed by atoms with Gasteiger partial charge in [-0.15, -0.1) is 0 Å². The van der Waals surface area contributed by atoms with Crippen molar-refractivity contribution in [3.63, 3.8) is 0 Å². The van der Waals surface area contributed by atoms with Crippen molar-refractivity contribution >= 4 is 11.7 Å². The third-order valence-electron chi connectivity index (χ3n) is 4.59. The number of amides is 1. The van der Waals surface area contributed by atoms with E-state index in [1.165, 1.54) is 6.39 Å². The smallest absolute Gasteiger partial charge is 0.276 e. The molecule has 0 aromatic carbocycles.